The van der Waals surface area contributed by atoms with Crippen molar-refractivity contribution in [2.24, 2.45) is 0 Å². The first kappa shape index (κ1) is 16.8. The number of halogens is 3. The van der Waals surface area contributed by atoms with Crippen molar-refractivity contribution in [2.45, 2.75) is 52.0 Å². The number of carbonyl (C=O) groups is 1. The number of alkyl halides is 3. The molecule has 2 atom stereocenters. The number of aromatic nitrogens is 2. The number of nitrogens with one attached hydrogen (secondary N) is 1. The maximum absolute atomic E-state index is 13.3. The number of amides is 1. The number of hydrogen-bond donors (Lipinski definition) is 1. The molecule has 0 spiro atoms. The molecule has 0 bridgehead atoms. The number of carbonyl (C=O) groups excluding carboxylic acids is 1. The van der Waals surface area contributed by atoms with Gasteiger partial charge in [0, 0.05) is 31.2 Å². The molecule has 22 heavy (non-hydrogen) atoms. The van der Waals surface area contributed by atoms with E-state index in [1.165, 1.54) is 4.90 Å². The minimum Gasteiger partial charge on any atom is -0.335 e. The third-order valence-electron chi connectivity index (χ3n) is 3.63. The Balaban J connectivity index is 2.38. The van der Waals surface area contributed by atoms with Crippen molar-refractivity contribution < 1.29 is 18.0 Å². The molecule has 1 amide bonds. The summed E-state index contributed by atoms with van der Waals surface area (Å²) in [5, 5.41) is 7.02. The lowest BCUT2D eigenvalue weighted by Crippen LogP contribution is -2.56. The van der Waals surface area contributed by atoms with Crippen LogP contribution in [0.2, 0.25) is 0 Å². The maximum Gasteiger partial charge on any atom is 0.433 e. The summed E-state index contributed by atoms with van der Waals surface area (Å²) in [6.07, 6.45) is -3.58. The van der Waals surface area contributed by atoms with Gasteiger partial charge in [0.25, 0.3) is 5.91 Å². The quantitative estimate of drug-likeness (QED) is 0.910. The smallest absolute Gasteiger partial charge is 0.335 e. The van der Waals surface area contributed by atoms with Crippen LogP contribution in [-0.4, -0.2) is 45.8 Å². The zero-order valence-electron chi connectivity index (χ0n) is 13.1. The largest absolute Gasteiger partial charge is 0.433 e. The fourth-order valence-electron chi connectivity index (χ4n) is 2.86. The molecule has 1 saturated heterocycles. The van der Waals surface area contributed by atoms with E-state index in [2.05, 4.69) is 10.4 Å². The summed E-state index contributed by atoms with van der Waals surface area (Å²) in [5.41, 5.74) is -1.34. The van der Waals surface area contributed by atoms with Crippen LogP contribution in [0.25, 0.3) is 0 Å². The van der Waals surface area contributed by atoms with Gasteiger partial charge in [-0.2, -0.15) is 18.3 Å². The molecule has 1 fully saturated rings. The lowest BCUT2D eigenvalue weighted by atomic mass is 10.1. The zero-order chi connectivity index (χ0) is 16.7. The van der Waals surface area contributed by atoms with Crippen LogP contribution < -0.4 is 5.32 Å². The minimum absolute atomic E-state index is 0.0437. The molecule has 1 N–H and O–H groups in total. The van der Waals surface area contributed by atoms with Gasteiger partial charge in [-0.3, -0.25) is 9.48 Å². The Bertz CT molecular complexity index is 543. The molecule has 8 heteroatoms. The summed E-state index contributed by atoms with van der Waals surface area (Å²) in [4.78, 5) is 14.0. The Kier molecular flexibility index (Phi) is 4.51. The second-order valence-electron chi connectivity index (χ2n) is 6.12. The molecule has 0 radical (unpaired) electrons. The first-order chi connectivity index (χ1) is 10.1. The highest BCUT2D eigenvalue weighted by atomic mass is 19.4. The third-order valence-corrected chi connectivity index (χ3v) is 3.63. The number of hydrogen-bond acceptors (Lipinski definition) is 3. The molecular weight excluding hydrogens is 297 g/mol. The molecule has 2 heterocycles. The molecule has 0 aromatic carbocycles. The molecular formula is C14H21F3N4O. The first-order valence-electron chi connectivity index (χ1n) is 7.31. The van der Waals surface area contributed by atoms with E-state index in [1.807, 2.05) is 13.8 Å². The average Bonchev–Trinajstić information content (AvgIpc) is 2.81. The Hall–Kier alpha value is -1.57. The zero-order valence-corrected chi connectivity index (χ0v) is 13.1. The summed E-state index contributed by atoms with van der Waals surface area (Å²) in [5.74, 6) is -0.612. The highest BCUT2D eigenvalue weighted by molar-refractivity contribution is 5.95. The van der Waals surface area contributed by atoms with Crippen molar-refractivity contribution in [3.05, 3.63) is 17.5 Å². The van der Waals surface area contributed by atoms with E-state index < -0.39 is 23.8 Å². The van der Waals surface area contributed by atoms with Crippen molar-refractivity contribution in [1.82, 2.24) is 20.0 Å². The standard InChI is InChI=1S/C14H21F3N4O/c1-8(2)21-12(14(15,16)17)11(5-18-21)13(22)20-6-9(3)19-10(4)7-20/h5,8-10,19H,6-7H2,1-4H3/t9-,10+. The number of rotatable bonds is 2. The fourth-order valence-corrected chi connectivity index (χ4v) is 2.86. The second-order valence-corrected chi connectivity index (χ2v) is 6.12. The van der Waals surface area contributed by atoms with Gasteiger partial charge in [-0.1, -0.05) is 0 Å². The highest BCUT2D eigenvalue weighted by Crippen LogP contribution is 2.34. The van der Waals surface area contributed by atoms with Crippen LogP contribution in [0.15, 0.2) is 6.20 Å². The van der Waals surface area contributed by atoms with E-state index in [9.17, 15) is 18.0 Å². The van der Waals surface area contributed by atoms with Crippen LogP contribution in [0, 0.1) is 0 Å². The molecule has 1 aromatic rings. The first-order valence-corrected chi connectivity index (χ1v) is 7.31. The molecule has 5 nitrogen and oxygen atoms in total. The predicted octanol–water partition coefficient (Wildman–Crippen LogP) is 2.31. The predicted molar refractivity (Wildman–Crippen MR) is 75.6 cm³/mol. The van der Waals surface area contributed by atoms with E-state index in [-0.39, 0.29) is 17.6 Å². The highest BCUT2D eigenvalue weighted by Gasteiger charge is 2.42. The summed E-state index contributed by atoms with van der Waals surface area (Å²) in [6.45, 7) is 7.77. The van der Waals surface area contributed by atoms with Gasteiger partial charge >= 0.3 is 6.18 Å². The summed E-state index contributed by atoms with van der Waals surface area (Å²) in [7, 11) is 0. The average molecular weight is 318 g/mol. The lowest BCUT2D eigenvalue weighted by molar-refractivity contribution is -0.145. The Morgan fingerprint density at radius 1 is 1.32 bits per heavy atom. The van der Waals surface area contributed by atoms with Gasteiger partial charge in [0.15, 0.2) is 5.69 Å². The van der Waals surface area contributed by atoms with E-state index >= 15 is 0 Å². The van der Waals surface area contributed by atoms with Crippen LogP contribution in [0.4, 0.5) is 13.2 Å². The van der Waals surface area contributed by atoms with Crippen LogP contribution in [-0.2, 0) is 6.18 Å². The van der Waals surface area contributed by atoms with Crippen LogP contribution in [0.5, 0.6) is 0 Å². The van der Waals surface area contributed by atoms with Gasteiger partial charge < -0.3 is 10.2 Å². The number of piperazine rings is 1. The van der Waals surface area contributed by atoms with Crippen LogP contribution in [0.3, 0.4) is 0 Å². The SMILES string of the molecule is CC(C)n1ncc(C(=O)N2C[C@@H](C)N[C@@H](C)C2)c1C(F)(F)F. The summed E-state index contributed by atoms with van der Waals surface area (Å²) < 4.78 is 40.9. The van der Waals surface area contributed by atoms with Gasteiger partial charge in [-0.15, -0.1) is 0 Å². The molecule has 1 aromatic heterocycles. The number of nitrogens with zero attached hydrogens (tertiary/aromatic N) is 3. The van der Waals surface area contributed by atoms with Gasteiger partial charge in [0.05, 0.1) is 11.8 Å². The molecule has 124 valence electrons. The summed E-state index contributed by atoms with van der Waals surface area (Å²) >= 11 is 0. The fraction of sp³-hybridized carbons (Fsp3) is 0.714. The van der Waals surface area contributed by atoms with E-state index in [4.69, 9.17) is 0 Å². The van der Waals surface area contributed by atoms with E-state index in [0.717, 1.165) is 10.9 Å². The van der Waals surface area contributed by atoms with Gasteiger partial charge in [-0.05, 0) is 27.7 Å². The molecule has 1 aliphatic rings. The maximum atomic E-state index is 13.3. The van der Waals surface area contributed by atoms with Crippen molar-refractivity contribution in [1.29, 1.82) is 0 Å². The normalized spacial score (nSPS) is 23.2. The van der Waals surface area contributed by atoms with Gasteiger partial charge in [-0.25, -0.2) is 0 Å². The Labute approximate surface area is 127 Å². The molecule has 2 rings (SSSR count). The van der Waals surface area contributed by atoms with Gasteiger partial charge in [0.2, 0.25) is 0 Å². The van der Waals surface area contributed by atoms with E-state index in [0.29, 0.717) is 13.1 Å². The van der Waals surface area contributed by atoms with Crippen molar-refractivity contribution >= 4 is 5.91 Å². The second kappa shape index (κ2) is 5.91. The van der Waals surface area contributed by atoms with Crippen LogP contribution >= 0.6 is 0 Å². The van der Waals surface area contributed by atoms with Crippen molar-refractivity contribution in [3.8, 4) is 0 Å². The monoisotopic (exact) mass is 318 g/mol. The third kappa shape index (κ3) is 3.26. The molecule has 0 unspecified atom stereocenters. The van der Waals surface area contributed by atoms with E-state index in [1.54, 1.807) is 13.8 Å². The molecule has 0 saturated carbocycles. The summed E-state index contributed by atoms with van der Waals surface area (Å²) in [6, 6.07) is -0.386. The molecule has 0 aliphatic carbocycles. The Morgan fingerprint density at radius 3 is 2.32 bits per heavy atom. The van der Waals surface area contributed by atoms with Crippen LogP contribution in [0.1, 0.15) is 49.8 Å². The minimum atomic E-state index is -4.61. The lowest BCUT2D eigenvalue weighted by Gasteiger charge is -2.36. The van der Waals surface area contributed by atoms with Crippen molar-refractivity contribution in [3.63, 3.8) is 0 Å². The Morgan fingerprint density at radius 2 is 1.86 bits per heavy atom. The topological polar surface area (TPSA) is 50.2 Å². The molecule has 1 aliphatic heterocycles. The van der Waals surface area contributed by atoms with Gasteiger partial charge in [0.1, 0.15) is 0 Å². The van der Waals surface area contributed by atoms with Crippen molar-refractivity contribution in [2.75, 3.05) is 13.1 Å².